The van der Waals surface area contributed by atoms with Gasteiger partial charge in [-0.25, -0.2) is 4.68 Å². The topological polar surface area (TPSA) is 38.0 Å². The van der Waals surface area contributed by atoms with Crippen molar-refractivity contribution in [2.24, 2.45) is 0 Å². The summed E-state index contributed by atoms with van der Waals surface area (Å²) in [5, 5.41) is 14.8. The van der Waals surface area contributed by atoms with E-state index in [1.807, 2.05) is 61.7 Å². The van der Waals surface area contributed by atoms with Crippen LogP contribution in [0.4, 0.5) is 0 Å². The molecule has 0 saturated heterocycles. The van der Waals surface area contributed by atoms with Crippen molar-refractivity contribution < 1.29 is 5.11 Å². The zero-order valence-corrected chi connectivity index (χ0v) is 12.4. The maximum absolute atomic E-state index is 9.57. The number of hydrogen-bond donors (Lipinski definition) is 1. The zero-order chi connectivity index (χ0) is 14.8. The molecule has 4 heteroatoms. The first kappa shape index (κ1) is 13.9. The average molecular weight is 299 g/mol. The fourth-order valence-corrected chi connectivity index (χ4v) is 2.42. The second-order valence-electron chi connectivity index (χ2n) is 4.95. The van der Waals surface area contributed by atoms with Gasteiger partial charge in [0.2, 0.25) is 0 Å². The fraction of sp³-hybridized carbons (Fsp3) is 0.118. The molecule has 0 unspecified atom stereocenters. The van der Waals surface area contributed by atoms with Crippen molar-refractivity contribution in [3.05, 3.63) is 70.9 Å². The van der Waals surface area contributed by atoms with Gasteiger partial charge in [0.25, 0.3) is 0 Å². The van der Waals surface area contributed by atoms with Crippen molar-refractivity contribution >= 4 is 11.6 Å². The average Bonchev–Trinajstić information content (AvgIpc) is 2.92. The Hall–Kier alpha value is -2.10. The standard InChI is InChI=1S/C17H15ClN2O/c1-12-5-7-13(8-6-12)17-14(11-21)10-20(19-17)16-4-2-3-15(18)9-16/h2-10,21H,11H2,1H3. The number of aryl methyl sites for hydroxylation is 1. The lowest BCUT2D eigenvalue weighted by Gasteiger charge is -2.02. The molecule has 0 bridgehead atoms. The molecule has 0 saturated carbocycles. The van der Waals surface area contributed by atoms with Crippen LogP contribution in [0.2, 0.25) is 5.02 Å². The molecular formula is C17H15ClN2O. The van der Waals surface area contributed by atoms with Crippen molar-refractivity contribution in [2.75, 3.05) is 0 Å². The van der Waals surface area contributed by atoms with Crippen LogP contribution < -0.4 is 0 Å². The summed E-state index contributed by atoms with van der Waals surface area (Å²) in [6.07, 6.45) is 1.83. The van der Waals surface area contributed by atoms with E-state index in [0.29, 0.717) is 5.02 Å². The third-order valence-corrected chi connectivity index (χ3v) is 3.59. The highest BCUT2D eigenvalue weighted by Gasteiger charge is 2.11. The molecule has 1 aromatic heterocycles. The Labute approximate surface area is 128 Å². The van der Waals surface area contributed by atoms with Gasteiger partial charge in [0.15, 0.2) is 0 Å². The Morgan fingerprint density at radius 2 is 1.90 bits per heavy atom. The number of benzene rings is 2. The maximum Gasteiger partial charge on any atom is 0.0982 e. The minimum atomic E-state index is -0.0518. The molecule has 2 aromatic carbocycles. The van der Waals surface area contributed by atoms with Gasteiger partial charge in [0.1, 0.15) is 0 Å². The highest BCUT2D eigenvalue weighted by atomic mass is 35.5. The highest BCUT2D eigenvalue weighted by molar-refractivity contribution is 6.30. The van der Waals surface area contributed by atoms with Gasteiger partial charge in [0, 0.05) is 22.3 Å². The summed E-state index contributed by atoms with van der Waals surface area (Å²) in [4.78, 5) is 0. The van der Waals surface area contributed by atoms with Crippen LogP contribution in [0.3, 0.4) is 0 Å². The Morgan fingerprint density at radius 1 is 1.14 bits per heavy atom. The molecule has 21 heavy (non-hydrogen) atoms. The van der Waals surface area contributed by atoms with Crippen LogP contribution in [0, 0.1) is 6.92 Å². The molecule has 0 aliphatic carbocycles. The van der Waals surface area contributed by atoms with E-state index in [1.54, 1.807) is 4.68 Å². The lowest BCUT2D eigenvalue weighted by atomic mass is 10.1. The molecule has 3 rings (SSSR count). The molecule has 0 amide bonds. The Bertz CT molecular complexity index is 763. The molecule has 3 nitrogen and oxygen atoms in total. The predicted octanol–water partition coefficient (Wildman–Crippen LogP) is 3.99. The van der Waals surface area contributed by atoms with Gasteiger partial charge in [-0.2, -0.15) is 5.10 Å². The number of aliphatic hydroxyl groups excluding tert-OH is 1. The monoisotopic (exact) mass is 298 g/mol. The first-order valence-electron chi connectivity index (χ1n) is 6.70. The minimum absolute atomic E-state index is 0.0518. The maximum atomic E-state index is 9.57. The van der Waals surface area contributed by atoms with Crippen LogP contribution >= 0.6 is 11.6 Å². The molecule has 3 aromatic rings. The number of halogens is 1. The minimum Gasteiger partial charge on any atom is -0.392 e. The number of aliphatic hydroxyl groups is 1. The molecule has 1 heterocycles. The molecule has 0 aliphatic rings. The van der Waals surface area contributed by atoms with E-state index >= 15 is 0 Å². The molecule has 0 spiro atoms. The van der Waals surface area contributed by atoms with Gasteiger partial charge >= 0.3 is 0 Å². The second-order valence-corrected chi connectivity index (χ2v) is 5.39. The third kappa shape index (κ3) is 2.84. The number of hydrogen-bond acceptors (Lipinski definition) is 2. The van der Waals surface area contributed by atoms with E-state index in [9.17, 15) is 5.11 Å². The molecule has 0 atom stereocenters. The normalized spacial score (nSPS) is 10.8. The summed E-state index contributed by atoms with van der Waals surface area (Å²) in [5.74, 6) is 0. The van der Waals surface area contributed by atoms with Crippen LogP contribution in [0.5, 0.6) is 0 Å². The van der Waals surface area contributed by atoms with E-state index < -0.39 is 0 Å². The molecule has 0 radical (unpaired) electrons. The lowest BCUT2D eigenvalue weighted by molar-refractivity contribution is 0.282. The van der Waals surface area contributed by atoms with E-state index in [1.165, 1.54) is 5.56 Å². The Kier molecular flexibility index (Phi) is 3.78. The summed E-state index contributed by atoms with van der Waals surface area (Å²) in [6, 6.07) is 15.6. The van der Waals surface area contributed by atoms with Gasteiger partial charge in [-0.1, -0.05) is 47.5 Å². The second kappa shape index (κ2) is 5.72. The third-order valence-electron chi connectivity index (χ3n) is 3.36. The summed E-state index contributed by atoms with van der Waals surface area (Å²) in [6.45, 7) is 1.99. The summed E-state index contributed by atoms with van der Waals surface area (Å²) >= 11 is 6.02. The van der Waals surface area contributed by atoms with E-state index in [2.05, 4.69) is 5.10 Å². The van der Waals surface area contributed by atoms with Crippen LogP contribution in [-0.2, 0) is 6.61 Å². The summed E-state index contributed by atoms with van der Waals surface area (Å²) < 4.78 is 1.74. The van der Waals surface area contributed by atoms with E-state index in [4.69, 9.17) is 11.6 Å². The van der Waals surface area contributed by atoms with Crippen molar-refractivity contribution in [3.8, 4) is 16.9 Å². The SMILES string of the molecule is Cc1ccc(-c2nn(-c3cccc(Cl)c3)cc2CO)cc1. The van der Waals surface area contributed by atoms with Crippen LogP contribution in [0.25, 0.3) is 16.9 Å². The summed E-state index contributed by atoms with van der Waals surface area (Å²) in [5.41, 5.74) is 4.64. The quantitative estimate of drug-likeness (QED) is 0.794. The zero-order valence-electron chi connectivity index (χ0n) is 11.6. The van der Waals surface area contributed by atoms with Gasteiger partial charge in [0.05, 0.1) is 18.0 Å². The molecular weight excluding hydrogens is 284 g/mol. The smallest absolute Gasteiger partial charge is 0.0982 e. The van der Waals surface area contributed by atoms with Crippen molar-refractivity contribution in [3.63, 3.8) is 0 Å². The fourth-order valence-electron chi connectivity index (χ4n) is 2.23. The number of rotatable bonds is 3. The van der Waals surface area contributed by atoms with Gasteiger partial charge in [-0.3, -0.25) is 0 Å². The summed E-state index contributed by atoms with van der Waals surface area (Å²) in [7, 11) is 0. The lowest BCUT2D eigenvalue weighted by Crippen LogP contribution is -1.94. The number of nitrogens with zero attached hydrogens (tertiary/aromatic N) is 2. The van der Waals surface area contributed by atoms with Gasteiger partial charge in [-0.15, -0.1) is 0 Å². The Morgan fingerprint density at radius 3 is 2.57 bits per heavy atom. The van der Waals surface area contributed by atoms with E-state index in [0.717, 1.165) is 22.5 Å². The van der Waals surface area contributed by atoms with Crippen LogP contribution in [0.15, 0.2) is 54.7 Å². The first-order chi connectivity index (χ1) is 10.2. The largest absolute Gasteiger partial charge is 0.392 e. The van der Waals surface area contributed by atoms with Crippen LogP contribution in [0.1, 0.15) is 11.1 Å². The Balaban J connectivity index is 2.08. The molecule has 106 valence electrons. The van der Waals surface area contributed by atoms with Crippen molar-refractivity contribution in [1.82, 2.24) is 9.78 Å². The predicted molar refractivity (Wildman–Crippen MR) is 84.7 cm³/mol. The first-order valence-corrected chi connectivity index (χ1v) is 7.07. The van der Waals surface area contributed by atoms with Crippen LogP contribution in [-0.4, -0.2) is 14.9 Å². The molecule has 0 fully saturated rings. The number of aromatic nitrogens is 2. The molecule has 0 aliphatic heterocycles. The van der Waals surface area contributed by atoms with E-state index in [-0.39, 0.29) is 6.61 Å². The van der Waals surface area contributed by atoms with Crippen molar-refractivity contribution in [1.29, 1.82) is 0 Å². The highest BCUT2D eigenvalue weighted by Crippen LogP contribution is 2.24. The molecule has 1 N–H and O–H groups in total. The van der Waals surface area contributed by atoms with Gasteiger partial charge < -0.3 is 5.11 Å². The van der Waals surface area contributed by atoms with Gasteiger partial charge in [-0.05, 0) is 25.1 Å². The van der Waals surface area contributed by atoms with Crippen molar-refractivity contribution in [2.45, 2.75) is 13.5 Å².